The van der Waals surface area contributed by atoms with Crippen LogP contribution in [0.5, 0.6) is 0 Å². The van der Waals surface area contributed by atoms with Gasteiger partial charge in [0.05, 0.1) is 35.1 Å². The normalized spacial score (nSPS) is 12.4. The minimum Gasteiger partial charge on any atom is -0.393 e. The summed E-state index contributed by atoms with van der Waals surface area (Å²) in [6, 6.07) is 6.17. The average Bonchev–Trinajstić information content (AvgIpc) is 3.20. The highest BCUT2D eigenvalue weighted by Crippen LogP contribution is 2.31. The molecule has 0 spiro atoms. The number of nitrogens with two attached hydrogens (primary N) is 1. The van der Waals surface area contributed by atoms with Gasteiger partial charge in [-0.3, -0.25) is 9.78 Å². The highest BCUT2D eigenvalue weighted by Gasteiger charge is 2.20. The van der Waals surface area contributed by atoms with Crippen LogP contribution >= 0.6 is 15.9 Å². The van der Waals surface area contributed by atoms with Crippen molar-refractivity contribution in [3.05, 3.63) is 52.6 Å². The van der Waals surface area contributed by atoms with Crippen LogP contribution in [-0.4, -0.2) is 50.4 Å². The Morgan fingerprint density at radius 1 is 1.39 bits per heavy atom. The number of ether oxygens (including phenoxy) is 1. The van der Waals surface area contributed by atoms with E-state index in [0.29, 0.717) is 37.8 Å². The van der Waals surface area contributed by atoms with Crippen LogP contribution in [0.25, 0.3) is 27.7 Å². The van der Waals surface area contributed by atoms with E-state index < -0.39 is 18.6 Å². The fourth-order valence-corrected chi connectivity index (χ4v) is 3.52. The minimum atomic E-state index is -1.04. The summed E-state index contributed by atoms with van der Waals surface area (Å²) in [5.41, 5.74) is 9.07. The lowest BCUT2D eigenvalue weighted by atomic mass is 10.1. The van der Waals surface area contributed by atoms with Gasteiger partial charge in [0.2, 0.25) is 0 Å². The number of aliphatic hydroxyl groups excluding tert-OH is 1. The van der Waals surface area contributed by atoms with Gasteiger partial charge in [0, 0.05) is 29.8 Å². The molecule has 1 amide bonds. The Bertz CT molecular complexity index is 1300. The van der Waals surface area contributed by atoms with E-state index in [1.54, 1.807) is 24.5 Å². The van der Waals surface area contributed by atoms with Gasteiger partial charge < -0.3 is 20.9 Å². The maximum Gasteiger partial charge on any atom is 0.251 e. The molecule has 0 saturated carbocycles. The number of halogens is 2. The second-order valence-corrected chi connectivity index (χ2v) is 7.50. The number of carbonyl (C=O) groups is 1. The number of aliphatic hydroxyl groups is 1. The van der Waals surface area contributed by atoms with Crippen LogP contribution in [-0.2, 0) is 16.1 Å². The Balaban J connectivity index is 1.76. The number of hydrogen-bond donors (Lipinski definition) is 3. The lowest BCUT2D eigenvalue weighted by molar-refractivity contribution is -0.135. The Morgan fingerprint density at radius 3 is 2.94 bits per heavy atom. The van der Waals surface area contributed by atoms with Crippen molar-refractivity contribution < 1.29 is 19.0 Å². The summed E-state index contributed by atoms with van der Waals surface area (Å²) in [5, 5.41) is 16.7. The first kappa shape index (κ1) is 21.1. The van der Waals surface area contributed by atoms with E-state index in [-0.39, 0.29) is 18.2 Å². The van der Waals surface area contributed by atoms with Gasteiger partial charge in [-0.1, -0.05) is 0 Å². The number of nitrogens with zero attached hydrogens (tertiary/aromatic N) is 4. The van der Waals surface area contributed by atoms with E-state index in [4.69, 9.17) is 10.5 Å². The predicted octanol–water partition coefficient (Wildman–Crippen LogP) is 2.05. The molecule has 1 unspecified atom stereocenters. The summed E-state index contributed by atoms with van der Waals surface area (Å²) >= 11 is 3.39. The molecule has 0 bridgehead atoms. The summed E-state index contributed by atoms with van der Waals surface area (Å²) in [6.07, 6.45) is 2.21. The molecule has 0 saturated heterocycles. The largest absolute Gasteiger partial charge is 0.393 e. The molecule has 4 N–H and O–H groups in total. The van der Waals surface area contributed by atoms with Crippen LogP contribution in [0.3, 0.4) is 0 Å². The van der Waals surface area contributed by atoms with Gasteiger partial charge in [-0.15, -0.1) is 0 Å². The molecule has 160 valence electrons. The zero-order chi connectivity index (χ0) is 22.1. The van der Waals surface area contributed by atoms with Crippen molar-refractivity contribution in [2.24, 2.45) is 0 Å². The van der Waals surface area contributed by atoms with Crippen LogP contribution in [0.2, 0.25) is 0 Å². The van der Waals surface area contributed by atoms with Gasteiger partial charge in [0.25, 0.3) is 5.91 Å². The maximum atomic E-state index is 13.6. The van der Waals surface area contributed by atoms with E-state index in [0.717, 1.165) is 0 Å². The number of likely N-dealkylation sites (N-methyl/N-ethyl adjacent to an activating group) is 1. The van der Waals surface area contributed by atoms with Crippen molar-refractivity contribution in [1.29, 1.82) is 0 Å². The first-order valence-electron chi connectivity index (χ1n) is 9.24. The molecule has 9 nitrogen and oxygen atoms in total. The number of hydrogen-bond acceptors (Lipinski definition) is 7. The molecule has 0 fully saturated rings. The lowest BCUT2D eigenvalue weighted by Gasteiger charge is -2.15. The van der Waals surface area contributed by atoms with Crippen molar-refractivity contribution in [1.82, 2.24) is 24.9 Å². The fraction of sp³-hybridized carbons (Fsp3) is 0.200. The third kappa shape index (κ3) is 3.94. The number of aromatic nitrogens is 4. The fourth-order valence-electron chi connectivity index (χ4n) is 3.14. The van der Waals surface area contributed by atoms with E-state index >= 15 is 0 Å². The van der Waals surface area contributed by atoms with E-state index in [1.807, 2.05) is 0 Å². The minimum absolute atomic E-state index is 0.0776. The molecule has 31 heavy (non-hydrogen) atoms. The highest BCUT2D eigenvalue weighted by atomic mass is 79.9. The Labute approximate surface area is 184 Å². The van der Waals surface area contributed by atoms with Crippen LogP contribution in [0, 0.1) is 5.82 Å². The monoisotopic (exact) mass is 488 g/mol. The summed E-state index contributed by atoms with van der Waals surface area (Å²) < 4.78 is 21.1. The van der Waals surface area contributed by atoms with Crippen molar-refractivity contribution >= 4 is 44.2 Å². The second-order valence-electron chi connectivity index (χ2n) is 6.71. The average molecular weight is 489 g/mol. The first-order valence-corrected chi connectivity index (χ1v) is 10.0. The number of fused-ring (bicyclic) bond motifs is 2. The Morgan fingerprint density at radius 2 is 2.19 bits per heavy atom. The number of rotatable bonds is 6. The number of carbonyl (C=O) groups excluding carboxylic acids is 1. The van der Waals surface area contributed by atoms with E-state index in [1.165, 1.54) is 23.7 Å². The van der Waals surface area contributed by atoms with Crippen molar-refractivity contribution in [3.8, 4) is 11.1 Å². The molecule has 0 aliphatic rings. The molecule has 3 aromatic heterocycles. The molecule has 11 heteroatoms. The van der Waals surface area contributed by atoms with Gasteiger partial charge in [-0.25, -0.2) is 9.37 Å². The topological polar surface area (TPSA) is 128 Å². The van der Waals surface area contributed by atoms with Crippen LogP contribution in [0.4, 0.5) is 10.2 Å². The molecule has 0 aliphatic carbocycles. The molecule has 0 aliphatic heterocycles. The second kappa shape index (κ2) is 8.53. The first-order chi connectivity index (χ1) is 14.9. The number of nitrogens with one attached hydrogen (secondary N) is 1. The summed E-state index contributed by atoms with van der Waals surface area (Å²) in [7, 11) is 1.45. The SMILES string of the molecule is CNC(=O)C(CO)OCc1nc2c(-c3cnc4ccc(F)cc4c3)cnn2c(N)c1Br. The molecule has 4 rings (SSSR count). The zero-order valence-electron chi connectivity index (χ0n) is 16.3. The smallest absolute Gasteiger partial charge is 0.251 e. The van der Waals surface area contributed by atoms with Gasteiger partial charge in [0.15, 0.2) is 11.8 Å². The number of pyridine rings is 1. The molecule has 0 radical (unpaired) electrons. The molecule has 4 aromatic rings. The molecule has 1 atom stereocenters. The van der Waals surface area contributed by atoms with Gasteiger partial charge in [-0.05, 0) is 40.2 Å². The highest BCUT2D eigenvalue weighted by molar-refractivity contribution is 9.10. The van der Waals surface area contributed by atoms with E-state index in [2.05, 4.69) is 36.3 Å². The van der Waals surface area contributed by atoms with Crippen molar-refractivity contribution in [3.63, 3.8) is 0 Å². The molecular weight excluding hydrogens is 471 g/mol. The third-order valence-electron chi connectivity index (χ3n) is 4.77. The summed E-state index contributed by atoms with van der Waals surface area (Å²) in [4.78, 5) is 20.7. The number of amides is 1. The summed E-state index contributed by atoms with van der Waals surface area (Å²) in [6.45, 7) is -0.558. The number of nitrogen functional groups attached to an aromatic ring is 1. The van der Waals surface area contributed by atoms with Crippen molar-refractivity contribution in [2.75, 3.05) is 19.4 Å². The van der Waals surface area contributed by atoms with Crippen LogP contribution in [0.1, 0.15) is 5.69 Å². The zero-order valence-corrected chi connectivity index (χ0v) is 17.9. The molecule has 3 heterocycles. The van der Waals surface area contributed by atoms with E-state index in [9.17, 15) is 14.3 Å². The number of benzene rings is 1. The maximum absolute atomic E-state index is 13.6. The van der Waals surface area contributed by atoms with Crippen molar-refractivity contribution in [2.45, 2.75) is 12.7 Å². The quantitative estimate of drug-likeness (QED) is 0.378. The van der Waals surface area contributed by atoms with Crippen LogP contribution in [0.15, 0.2) is 41.1 Å². The molecule has 1 aromatic carbocycles. The predicted molar refractivity (Wildman–Crippen MR) is 116 cm³/mol. The third-order valence-corrected chi connectivity index (χ3v) is 5.64. The van der Waals surface area contributed by atoms with Gasteiger partial charge >= 0.3 is 0 Å². The standard InChI is InChI=1S/C20H18BrFN6O3/c1-24-20(30)16(8-29)31-9-15-17(21)18(23)28-19(27-15)13(7-26-28)11-4-10-5-12(22)2-3-14(10)25-6-11/h2-7,16,29H,8-9,23H2,1H3,(H,24,30). The number of anilines is 1. The van der Waals surface area contributed by atoms with Gasteiger partial charge in [-0.2, -0.15) is 9.61 Å². The van der Waals surface area contributed by atoms with Gasteiger partial charge in [0.1, 0.15) is 11.6 Å². The Hall–Kier alpha value is -3.15. The lowest BCUT2D eigenvalue weighted by Crippen LogP contribution is -2.36. The summed E-state index contributed by atoms with van der Waals surface area (Å²) in [5.74, 6) is -0.520. The Kier molecular flexibility index (Phi) is 5.81. The van der Waals surface area contributed by atoms with Crippen LogP contribution < -0.4 is 11.1 Å². The molecular formula is C20H18BrFN6O3.